The van der Waals surface area contributed by atoms with Crippen molar-refractivity contribution >= 4 is 23.4 Å². The predicted octanol–water partition coefficient (Wildman–Crippen LogP) is 7.13. The van der Waals surface area contributed by atoms with Crippen molar-refractivity contribution in [2.45, 2.75) is 52.0 Å². The number of carbonyl (C=O) groups excluding carboxylic acids is 1. The maximum Gasteiger partial charge on any atom is 0.410 e. The summed E-state index contributed by atoms with van der Waals surface area (Å²) in [4.78, 5) is 17.3. The molecule has 2 aromatic rings. The quantitative estimate of drug-likeness (QED) is 0.447. The Morgan fingerprint density at radius 3 is 2.62 bits per heavy atom. The summed E-state index contributed by atoms with van der Waals surface area (Å²) in [5.41, 5.74) is 1.22. The van der Waals surface area contributed by atoms with Gasteiger partial charge in [-0.05, 0) is 74.9 Å². The summed E-state index contributed by atoms with van der Waals surface area (Å²) in [7, 11) is 0. The predicted molar refractivity (Wildman–Crippen MR) is 123 cm³/mol. The van der Waals surface area contributed by atoms with Gasteiger partial charge in [0.1, 0.15) is 24.1 Å². The summed E-state index contributed by atoms with van der Waals surface area (Å²) in [6.07, 6.45) is -0.294. The van der Waals surface area contributed by atoms with Gasteiger partial charge in [0.25, 0.3) is 0 Å². The number of rotatable bonds is 5. The van der Waals surface area contributed by atoms with E-state index >= 15 is 4.39 Å². The Morgan fingerprint density at radius 2 is 1.97 bits per heavy atom. The normalized spacial score (nSPS) is 15.7. The fraction of sp³-hybridized carbons (Fsp3) is 0.440. The van der Waals surface area contributed by atoms with E-state index in [1.165, 1.54) is 0 Å². The number of hydrogen-bond donors (Lipinski definition) is 0. The Balaban J connectivity index is 1.58. The molecule has 1 amide bonds. The highest BCUT2D eigenvalue weighted by atomic mass is 35.5. The molecule has 1 aliphatic rings. The van der Waals surface area contributed by atoms with E-state index in [-0.39, 0.29) is 18.6 Å². The van der Waals surface area contributed by atoms with E-state index in [2.05, 4.69) is 4.85 Å². The smallest absolute Gasteiger partial charge is 0.410 e. The Kier molecular flexibility index (Phi) is 7.63. The molecular weight excluding hydrogens is 431 g/mol. The fourth-order valence-corrected chi connectivity index (χ4v) is 3.86. The van der Waals surface area contributed by atoms with E-state index in [0.29, 0.717) is 48.0 Å². The van der Waals surface area contributed by atoms with Gasteiger partial charge in [0.05, 0.1) is 6.57 Å². The Morgan fingerprint density at radius 1 is 1.25 bits per heavy atom. The van der Waals surface area contributed by atoms with Crippen LogP contribution in [0.2, 0.25) is 5.02 Å². The molecule has 2 aromatic carbocycles. The molecule has 1 unspecified atom stereocenters. The third-order valence-electron chi connectivity index (χ3n) is 5.31. The Labute approximate surface area is 193 Å². The highest BCUT2D eigenvalue weighted by molar-refractivity contribution is 6.30. The number of hydrogen-bond acceptors (Lipinski definition) is 3. The molecule has 1 saturated heterocycles. The van der Waals surface area contributed by atoms with Crippen molar-refractivity contribution in [1.82, 2.24) is 4.90 Å². The van der Waals surface area contributed by atoms with Gasteiger partial charge in [-0.2, -0.15) is 0 Å². The van der Waals surface area contributed by atoms with Crippen molar-refractivity contribution in [2.24, 2.45) is 5.92 Å². The fourth-order valence-electron chi connectivity index (χ4n) is 3.69. The number of benzene rings is 2. The van der Waals surface area contributed by atoms with E-state index in [0.717, 1.165) is 5.56 Å². The molecule has 3 rings (SSSR count). The minimum absolute atomic E-state index is 0.158. The van der Waals surface area contributed by atoms with E-state index in [1.807, 2.05) is 32.9 Å². The molecule has 1 fully saturated rings. The molecule has 0 N–H and O–H groups in total. The standard InChI is InChI=1S/C25H28ClFN2O3/c1-25(2,3)32-24(30)29-12-10-18(11-13-29)23(27)19-7-5-6-17(14-19)16-31-22-9-8-20(26)15-21(22)28-4/h5-9,14-15,18,23H,10-13,16H2,1-3H3. The molecule has 7 heteroatoms. The topological polar surface area (TPSA) is 43.1 Å². The minimum atomic E-state index is -1.12. The van der Waals surface area contributed by atoms with E-state index in [1.54, 1.807) is 35.2 Å². The van der Waals surface area contributed by atoms with Gasteiger partial charge in [-0.3, -0.25) is 0 Å². The Hall–Kier alpha value is -2.78. The molecule has 1 heterocycles. The van der Waals surface area contributed by atoms with Gasteiger partial charge in [-0.15, -0.1) is 0 Å². The third kappa shape index (κ3) is 6.37. The summed E-state index contributed by atoms with van der Waals surface area (Å²) in [6, 6.07) is 12.2. The first-order chi connectivity index (χ1) is 15.2. The summed E-state index contributed by atoms with van der Waals surface area (Å²) in [6.45, 7) is 14.0. The molecule has 0 radical (unpaired) electrons. The number of halogens is 2. The van der Waals surface area contributed by atoms with Crippen molar-refractivity contribution in [2.75, 3.05) is 13.1 Å². The zero-order valence-corrected chi connectivity index (χ0v) is 19.4. The van der Waals surface area contributed by atoms with Gasteiger partial charge >= 0.3 is 6.09 Å². The second-order valence-corrected chi connectivity index (χ2v) is 9.40. The molecular formula is C25H28ClFN2O3. The SMILES string of the molecule is [C-]#[N+]c1cc(Cl)ccc1OCc1cccc(C(F)C2CCN(C(=O)OC(C)(C)C)CC2)c1. The van der Waals surface area contributed by atoms with Crippen molar-refractivity contribution in [3.05, 3.63) is 70.0 Å². The van der Waals surface area contributed by atoms with Crippen LogP contribution in [0.3, 0.4) is 0 Å². The zero-order valence-electron chi connectivity index (χ0n) is 18.6. The maximum absolute atomic E-state index is 15.3. The number of amides is 1. The molecule has 0 aromatic heterocycles. The number of carbonyl (C=O) groups is 1. The van der Waals surface area contributed by atoms with E-state index in [4.69, 9.17) is 27.6 Å². The Bertz CT molecular complexity index is 991. The van der Waals surface area contributed by atoms with Gasteiger partial charge in [0.15, 0.2) is 0 Å². The van der Waals surface area contributed by atoms with Crippen LogP contribution in [-0.2, 0) is 11.3 Å². The van der Waals surface area contributed by atoms with Gasteiger partial charge in [0, 0.05) is 18.1 Å². The first-order valence-corrected chi connectivity index (χ1v) is 11.0. The lowest BCUT2D eigenvalue weighted by Gasteiger charge is -2.34. The van der Waals surface area contributed by atoms with Crippen LogP contribution in [0.5, 0.6) is 5.75 Å². The highest BCUT2D eigenvalue weighted by Gasteiger charge is 2.31. The second-order valence-electron chi connectivity index (χ2n) is 8.96. The largest absolute Gasteiger partial charge is 0.500 e. The summed E-state index contributed by atoms with van der Waals surface area (Å²) < 4.78 is 26.5. The van der Waals surface area contributed by atoms with Gasteiger partial charge in [0.2, 0.25) is 5.69 Å². The first-order valence-electron chi connectivity index (χ1n) is 10.7. The van der Waals surface area contributed by atoms with Crippen LogP contribution in [0.15, 0.2) is 42.5 Å². The molecule has 170 valence electrons. The maximum atomic E-state index is 15.3. The average Bonchev–Trinajstić information content (AvgIpc) is 2.76. The van der Waals surface area contributed by atoms with E-state index < -0.39 is 11.8 Å². The van der Waals surface area contributed by atoms with Crippen LogP contribution in [0.25, 0.3) is 4.85 Å². The molecule has 0 aliphatic carbocycles. The second kappa shape index (κ2) is 10.2. The highest BCUT2D eigenvalue weighted by Crippen LogP contribution is 2.35. The zero-order chi connectivity index (χ0) is 23.3. The monoisotopic (exact) mass is 458 g/mol. The van der Waals surface area contributed by atoms with Crippen molar-refractivity contribution < 1.29 is 18.7 Å². The number of nitrogens with zero attached hydrogens (tertiary/aromatic N) is 2. The molecule has 1 aliphatic heterocycles. The number of ether oxygens (including phenoxy) is 2. The van der Waals surface area contributed by atoms with E-state index in [9.17, 15) is 4.79 Å². The summed E-state index contributed by atoms with van der Waals surface area (Å²) in [5.74, 6) is 0.288. The van der Waals surface area contributed by atoms with Crippen LogP contribution < -0.4 is 4.74 Å². The molecule has 0 spiro atoms. The van der Waals surface area contributed by atoms with Crippen molar-refractivity contribution in [3.8, 4) is 5.75 Å². The van der Waals surface area contributed by atoms with Crippen LogP contribution in [0.4, 0.5) is 14.9 Å². The molecule has 1 atom stereocenters. The van der Waals surface area contributed by atoms with Crippen molar-refractivity contribution in [3.63, 3.8) is 0 Å². The number of piperidine rings is 1. The third-order valence-corrected chi connectivity index (χ3v) is 5.55. The lowest BCUT2D eigenvalue weighted by molar-refractivity contribution is 0.0144. The van der Waals surface area contributed by atoms with Gasteiger partial charge in [-0.25, -0.2) is 14.0 Å². The first kappa shape index (κ1) is 23.9. The lowest BCUT2D eigenvalue weighted by atomic mass is 9.88. The molecule has 5 nitrogen and oxygen atoms in total. The van der Waals surface area contributed by atoms with Gasteiger partial charge < -0.3 is 14.4 Å². The van der Waals surface area contributed by atoms with Gasteiger partial charge in [-0.1, -0.05) is 29.8 Å². The van der Waals surface area contributed by atoms with Crippen molar-refractivity contribution in [1.29, 1.82) is 0 Å². The van der Waals surface area contributed by atoms with Crippen LogP contribution in [0, 0.1) is 12.5 Å². The summed E-state index contributed by atoms with van der Waals surface area (Å²) >= 11 is 5.93. The number of likely N-dealkylation sites (tertiary alicyclic amines) is 1. The minimum Gasteiger partial charge on any atom is -0.500 e. The lowest BCUT2D eigenvalue weighted by Crippen LogP contribution is -2.42. The van der Waals surface area contributed by atoms with Crippen LogP contribution >= 0.6 is 11.6 Å². The number of alkyl halides is 1. The molecule has 32 heavy (non-hydrogen) atoms. The molecule has 0 bridgehead atoms. The van der Waals surface area contributed by atoms with Crippen LogP contribution in [-0.4, -0.2) is 29.7 Å². The average molecular weight is 459 g/mol. The van der Waals surface area contributed by atoms with Crippen LogP contribution in [0.1, 0.15) is 50.9 Å². The summed E-state index contributed by atoms with van der Waals surface area (Å²) in [5, 5.41) is 0.475. The molecule has 0 saturated carbocycles.